The minimum Gasteiger partial charge on any atom is -0.480 e. The van der Waals surface area contributed by atoms with Crippen LogP contribution in [0.25, 0.3) is 5.65 Å². The number of imidazole rings is 1. The van der Waals surface area contributed by atoms with Crippen molar-refractivity contribution < 1.29 is 9.90 Å². The number of carboxylic acid groups (broad SMARTS) is 1. The minimum atomic E-state index is -0.999. The van der Waals surface area contributed by atoms with Crippen LogP contribution in [-0.2, 0) is 11.2 Å². The highest BCUT2D eigenvalue weighted by Gasteiger charge is 2.14. The highest BCUT2D eigenvalue weighted by atomic mass is 16.4. The van der Waals surface area contributed by atoms with E-state index in [0.29, 0.717) is 0 Å². The molecule has 1 atom stereocenters. The summed E-state index contributed by atoms with van der Waals surface area (Å²) in [6, 6.07) is 4.72. The fraction of sp³-hybridized carbons (Fsp3) is 0.200. The van der Waals surface area contributed by atoms with Crippen LogP contribution >= 0.6 is 0 Å². The third-order valence-corrected chi connectivity index (χ3v) is 2.24. The Morgan fingerprint density at radius 1 is 1.60 bits per heavy atom. The Balaban J connectivity index is 2.32. The van der Waals surface area contributed by atoms with Gasteiger partial charge < -0.3 is 15.2 Å². The molecule has 5 heteroatoms. The summed E-state index contributed by atoms with van der Waals surface area (Å²) in [4.78, 5) is 14.8. The van der Waals surface area contributed by atoms with E-state index >= 15 is 0 Å². The average Bonchev–Trinajstić information content (AvgIpc) is 2.62. The molecule has 2 aromatic heterocycles. The van der Waals surface area contributed by atoms with Crippen LogP contribution in [0.3, 0.4) is 0 Å². The molecular weight excluding hydrogens is 194 g/mol. The molecule has 2 aromatic rings. The fourth-order valence-corrected chi connectivity index (χ4v) is 1.45. The summed E-state index contributed by atoms with van der Waals surface area (Å²) in [5.74, 6) is -0.999. The maximum Gasteiger partial charge on any atom is 0.320 e. The van der Waals surface area contributed by atoms with Crippen LogP contribution in [0.4, 0.5) is 0 Å². The second-order valence-electron chi connectivity index (χ2n) is 3.33. The molecule has 0 aliphatic heterocycles. The van der Waals surface area contributed by atoms with Gasteiger partial charge >= 0.3 is 5.97 Å². The average molecular weight is 205 g/mol. The van der Waals surface area contributed by atoms with Crippen LogP contribution in [0.2, 0.25) is 0 Å². The van der Waals surface area contributed by atoms with Crippen LogP contribution < -0.4 is 5.73 Å². The summed E-state index contributed by atoms with van der Waals surface area (Å²) in [5.41, 5.74) is 7.06. The van der Waals surface area contributed by atoms with E-state index in [2.05, 4.69) is 4.98 Å². The van der Waals surface area contributed by atoms with Gasteiger partial charge in [-0.25, -0.2) is 4.98 Å². The van der Waals surface area contributed by atoms with Crippen LogP contribution in [0.15, 0.2) is 30.6 Å². The number of aromatic nitrogens is 2. The number of fused-ring (bicyclic) bond motifs is 1. The smallest absolute Gasteiger partial charge is 0.320 e. The zero-order valence-corrected chi connectivity index (χ0v) is 8.00. The lowest BCUT2D eigenvalue weighted by Crippen LogP contribution is -2.32. The van der Waals surface area contributed by atoms with Crippen LogP contribution in [0.5, 0.6) is 0 Å². The molecule has 0 aliphatic carbocycles. The van der Waals surface area contributed by atoms with Gasteiger partial charge in [-0.1, -0.05) is 6.07 Å². The van der Waals surface area contributed by atoms with Crippen LogP contribution in [-0.4, -0.2) is 26.5 Å². The zero-order chi connectivity index (χ0) is 10.8. The van der Waals surface area contributed by atoms with E-state index in [1.165, 1.54) is 0 Å². The molecule has 0 amide bonds. The number of hydrogen-bond donors (Lipinski definition) is 2. The van der Waals surface area contributed by atoms with Crippen molar-refractivity contribution in [1.29, 1.82) is 0 Å². The molecule has 0 saturated carbocycles. The Hall–Kier alpha value is -1.88. The topological polar surface area (TPSA) is 80.6 Å². The molecule has 0 spiro atoms. The zero-order valence-electron chi connectivity index (χ0n) is 8.00. The third kappa shape index (κ3) is 1.82. The number of carbonyl (C=O) groups is 1. The first-order chi connectivity index (χ1) is 7.18. The van der Waals surface area contributed by atoms with Crippen LogP contribution in [0.1, 0.15) is 5.69 Å². The van der Waals surface area contributed by atoms with Crippen molar-refractivity contribution in [3.63, 3.8) is 0 Å². The molecule has 0 aliphatic rings. The second-order valence-corrected chi connectivity index (χ2v) is 3.33. The molecular formula is C10H11N3O2. The lowest BCUT2D eigenvalue weighted by Gasteiger charge is -2.05. The van der Waals surface area contributed by atoms with E-state index in [4.69, 9.17) is 10.8 Å². The fourth-order valence-electron chi connectivity index (χ4n) is 1.45. The predicted octanol–water partition coefficient (Wildman–Crippen LogP) is 0.289. The van der Waals surface area contributed by atoms with E-state index in [-0.39, 0.29) is 6.42 Å². The van der Waals surface area contributed by atoms with E-state index < -0.39 is 12.0 Å². The summed E-state index contributed by atoms with van der Waals surface area (Å²) in [5, 5.41) is 8.70. The van der Waals surface area contributed by atoms with Gasteiger partial charge in [0.1, 0.15) is 11.7 Å². The van der Waals surface area contributed by atoms with Gasteiger partial charge in [-0.05, 0) is 12.1 Å². The molecule has 0 saturated heterocycles. The van der Waals surface area contributed by atoms with Crippen molar-refractivity contribution in [2.24, 2.45) is 5.73 Å². The molecule has 1 unspecified atom stereocenters. The predicted molar refractivity (Wildman–Crippen MR) is 54.5 cm³/mol. The van der Waals surface area contributed by atoms with Gasteiger partial charge in [0.15, 0.2) is 0 Å². The van der Waals surface area contributed by atoms with Gasteiger partial charge in [0, 0.05) is 24.5 Å². The van der Waals surface area contributed by atoms with E-state index in [1.54, 1.807) is 6.20 Å². The Morgan fingerprint density at radius 3 is 3.13 bits per heavy atom. The monoisotopic (exact) mass is 205 g/mol. The van der Waals surface area contributed by atoms with Gasteiger partial charge in [-0.15, -0.1) is 0 Å². The molecule has 0 bridgehead atoms. The van der Waals surface area contributed by atoms with Crippen LogP contribution in [0, 0.1) is 0 Å². The normalized spacial score (nSPS) is 12.9. The first kappa shape index (κ1) is 9.67. The quantitative estimate of drug-likeness (QED) is 0.754. The summed E-state index contributed by atoms with van der Waals surface area (Å²) in [7, 11) is 0. The van der Waals surface area contributed by atoms with Crippen molar-refractivity contribution in [1.82, 2.24) is 9.38 Å². The first-order valence-electron chi connectivity index (χ1n) is 4.58. The van der Waals surface area contributed by atoms with Crippen molar-refractivity contribution in [2.45, 2.75) is 12.5 Å². The molecule has 78 valence electrons. The van der Waals surface area contributed by atoms with Gasteiger partial charge in [0.05, 0.1) is 0 Å². The Morgan fingerprint density at radius 2 is 2.40 bits per heavy atom. The largest absolute Gasteiger partial charge is 0.480 e. The highest BCUT2D eigenvalue weighted by Crippen LogP contribution is 2.07. The van der Waals surface area contributed by atoms with Gasteiger partial charge in [0.25, 0.3) is 0 Å². The Labute approximate surface area is 86.2 Å². The molecule has 0 radical (unpaired) electrons. The third-order valence-electron chi connectivity index (χ3n) is 2.24. The van der Waals surface area contributed by atoms with Crippen molar-refractivity contribution in [3.8, 4) is 0 Å². The van der Waals surface area contributed by atoms with Gasteiger partial charge in [-0.2, -0.15) is 0 Å². The highest BCUT2D eigenvalue weighted by molar-refractivity contribution is 5.73. The van der Waals surface area contributed by atoms with E-state index in [0.717, 1.165) is 11.3 Å². The number of aliphatic carboxylic acids is 1. The van der Waals surface area contributed by atoms with Gasteiger partial charge in [0.2, 0.25) is 0 Å². The molecule has 15 heavy (non-hydrogen) atoms. The van der Waals surface area contributed by atoms with Crippen molar-refractivity contribution in [2.75, 3.05) is 0 Å². The van der Waals surface area contributed by atoms with E-state index in [9.17, 15) is 4.79 Å². The summed E-state index contributed by atoms with van der Waals surface area (Å²) in [6.07, 6.45) is 3.77. The number of nitrogens with zero attached hydrogens (tertiary/aromatic N) is 2. The molecule has 2 rings (SSSR count). The molecule has 0 fully saturated rings. The lowest BCUT2D eigenvalue weighted by atomic mass is 10.2. The molecule has 5 nitrogen and oxygen atoms in total. The molecule has 2 heterocycles. The number of nitrogens with two attached hydrogens (primary N) is 1. The van der Waals surface area contributed by atoms with E-state index in [1.807, 2.05) is 28.8 Å². The summed E-state index contributed by atoms with van der Waals surface area (Å²) < 4.78 is 1.84. The summed E-state index contributed by atoms with van der Waals surface area (Å²) in [6.45, 7) is 0. The lowest BCUT2D eigenvalue weighted by molar-refractivity contribution is -0.138. The number of pyridine rings is 1. The number of carboxylic acids is 1. The SMILES string of the molecule is NC(Cc1cnc2ccccn12)C(=O)O. The Bertz CT molecular complexity index is 492. The standard InChI is InChI=1S/C10H11N3O2/c11-8(10(14)15)5-7-6-12-9-3-1-2-4-13(7)9/h1-4,6,8H,5,11H2,(H,14,15). The molecule has 0 aromatic carbocycles. The van der Waals surface area contributed by atoms with Gasteiger partial charge in [-0.3, -0.25) is 4.79 Å². The number of rotatable bonds is 3. The maximum atomic E-state index is 10.6. The second kappa shape index (κ2) is 3.70. The van der Waals surface area contributed by atoms with Crippen molar-refractivity contribution in [3.05, 3.63) is 36.3 Å². The van der Waals surface area contributed by atoms with Crippen molar-refractivity contribution >= 4 is 11.6 Å². The molecule has 3 N–H and O–H groups in total. The summed E-state index contributed by atoms with van der Waals surface area (Å²) >= 11 is 0. The first-order valence-corrected chi connectivity index (χ1v) is 4.58. The Kier molecular flexibility index (Phi) is 2.39. The maximum absolute atomic E-state index is 10.6. The number of hydrogen-bond acceptors (Lipinski definition) is 3. The minimum absolute atomic E-state index is 0.278.